The van der Waals surface area contributed by atoms with Crippen molar-refractivity contribution in [2.24, 2.45) is 5.92 Å². The number of aromatic nitrogens is 2. The van der Waals surface area contributed by atoms with Crippen molar-refractivity contribution in [2.45, 2.75) is 34.2 Å². The Bertz CT molecular complexity index is 593. The first-order valence-corrected chi connectivity index (χ1v) is 7.42. The number of nitrogens with one attached hydrogen (secondary N) is 2. The maximum absolute atomic E-state index is 4.44. The Morgan fingerprint density at radius 2 is 1.67 bits per heavy atom. The summed E-state index contributed by atoms with van der Waals surface area (Å²) in [5, 5.41) is 6.72. The monoisotopic (exact) mass is 284 g/mol. The van der Waals surface area contributed by atoms with Gasteiger partial charge in [0.2, 0.25) is 0 Å². The number of hydrogen-bond donors (Lipinski definition) is 2. The van der Waals surface area contributed by atoms with Gasteiger partial charge >= 0.3 is 0 Å². The fourth-order valence-corrected chi connectivity index (χ4v) is 2.05. The highest BCUT2D eigenvalue weighted by Crippen LogP contribution is 2.14. The van der Waals surface area contributed by atoms with Gasteiger partial charge in [0.15, 0.2) is 0 Å². The van der Waals surface area contributed by atoms with Crippen LogP contribution in [0.3, 0.4) is 0 Å². The van der Waals surface area contributed by atoms with Crippen LogP contribution in [0.15, 0.2) is 30.3 Å². The van der Waals surface area contributed by atoms with Crippen LogP contribution in [-0.2, 0) is 6.54 Å². The van der Waals surface area contributed by atoms with Crippen LogP contribution in [0.4, 0.5) is 11.6 Å². The molecule has 0 amide bonds. The largest absolute Gasteiger partial charge is 0.370 e. The van der Waals surface area contributed by atoms with E-state index in [2.05, 4.69) is 65.6 Å². The number of hydrogen-bond acceptors (Lipinski definition) is 4. The van der Waals surface area contributed by atoms with Crippen molar-refractivity contribution < 1.29 is 0 Å². The normalized spacial score (nSPS) is 10.7. The zero-order chi connectivity index (χ0) is 15.2. The quantitative estimate of drug-likeness (QED) is 0.847. The first-order chi connectivity index (χ1) is 10.0. The smallest absolute Gasteiger partial charge is 0.132 e. The Hall–Kier alpha value is -2.10. The molecular formula is C17H24N4. The van der Waals surface area contributed by atoms with E-state index in [0.29, 0.717) is 5.92 Å². The van der Waals surface area contributed by atoms with Crippen molar-refractivity contribution in [3.05, 3.63) is 47.3 Å². The van der Waals surface area contributed by atoms with Crippen molar-refractivity contribution in [3.8, 4) is 0 Å². The van der Waals surface area contributed by atoms with Gasteiger partial charge in [-0.2, -0.15) is 0 Å². The summed E-state index contributed by atoms with van der Waals surface area (Å²) in [4.78, 5) is 8.86. The lowest BCUT2D eigenvalue weighted by atomic mass is 10.1. The van der Waals surface area contributed by atoms with Gasteiger partial charge in [-0.25, -0.2) is 9.97 Å². The fourth-order valence-electron chi connectivity index (χ4n) is 2.05. The molecule has 0 saturated carbocycles. The van der Waals surface area contributed by atoms with E-state index in [1.54, 1.807) is 0 Å². The van der Waals surface area contributed by atoms with Crippen molar-refractivity contribution in [1.82, 2.24) is 9.97 Å². The van der Waals surface area contributed by atoms with E-state index < -0.39 is 0 Å². The minimum atomic E-state index is 0.587. The van der Waals surface area contributed by atoms with Gasteiger partial charge in [-0.1, -0.05) is 38.1 Å². The lowest BCUT2D eigenvalue weighted by Gasteiger charge is -2.12. The van der Waals surface area contributed by atoms with Crippen molar-refractivity contribution in [3.63, 3.8) is 0 Å². The molecule has 0 fully saturated rings. The van der Waals surface area contributed by atoms with Crippen LogP contribution in [0.25, 0.3) is 0 Å². The molecule has 2 N–H and O–H groups in total. The van der Waals surface area contributed by atoms with Crippen LogP contribution in [0.2, 0.25) is 0 Å². The lowest BCUT2D eigenvalue weighted by Crippen LogP contribution is -2.11. The molecule has 0 aliphatic heterocycles. The number of anilines is 2. The highest BCUT2D eigenvalue weighted by Gasteiger charge is 2.03. The van der Waals surface area contributed by atoms with Gasteiger partial charge in [0.05, 0.1) is 0 Å². The van der Waals surface area contributed by atoms with Gasteiger partial charge in [0.25, 0.3) is 0 Å². The molecule has 4 heteroatoms. The summed E-state index contributed by atoms with van der Waals surface area (Å²) in [6.45, 7) is 10.1. The van der Waals surface area contributed by atoms with E-state index in [9.17, 15) is 0 Å². The molecule has 2 aromatic rings. The predicted octanol–water partition coefficient (Wildman–Crippen LogP) is 3.77. The van der Waals surface area contributed by atoms with E-state index in [-0.39, 0.29) is 0 Å². The minimum Gasteiger partial charge on any atom is -0.370 e. The minimum absolute atomic E-state index is 0.587. The van der Waals surface area contributed by atoms with Crippen LogP contribution in [-0.4, -0.2) is 16.5 Å². The molecule has 0 radical (unpaired) electrons. The molecule has 1 aromatic heterocycles. The molecule has 4 nitrogen and oxygen atoms in total. The molecule has 0 spiro atoms. The van der Waals surface area contributed by atoms with E-state index in [4.69, 9.17) is 0 Å². The molecule has 112 valence electrons. The van der Waals surface area contributed by atoms with Gasteiger partial charge in [-0.05, 0) is 30.9 Å². The standard InChI is InChI=1S/C17H24N4/c1-12(2)10-18-16-9-17(21-14(4)20-16)19-11-15-8-6-5-7-13(15)3/h5-9,12H,10-11H2,1-4H3,(H2,18,19,20,21). The van der Waals surface area contributed by atoms with E-state index in [1.807, 2.05) is 13.0 Å². The summed E-state index contributed by atoms with van der Waals surface area (Å²) in [7, 11) is 0. The van der Waals surface area contributed by atoms with Crippen molar-refractivity contribution in [1.29, 1.82) is 0 Å². The Kier molecular flexibility index (Phi) is 5.14. The molecule has 2 rings (SSSR count). The Balaban J connectivity index is 2.04. The maximum Gasteiger partial charge on any atom is 0.132 e. The molecule has 21 heavy (non-hydrogen) atoms. The summed E-state index contributed by atoms with van der Waals surface area (Å²) in [6, 6.07) is 10.3. The summed E-state index contributed by atoms with van der Waals surface area (Å²) in [5.41, 5.74) is 2.57. The van der Waals surface area contributed by atoms with Crippen LogP contribution in [0.5, 0.6) is 0 Å². The van der Waals surface area contributed by atoms with Gasteiger partial charge in [0.1, 0.15) is 17.5 Å². The summed E-state index contributed by atoms with van der Waals surface area (Å²) in [5.74, 6) is 3.10. The van der Waals surface area contributed by atoms with Gasteiger partial charge in [-0.15, -0.1) is 0 Å². The first kappa shape index (κ1) is 15.3. The SMILES string of the molecule is Cc1nc(NCc2ccccc2C)cc(NCC(C)C)n1. The molecule has 0 aliphatic rings. The van der Waals surface area contributed by atoms with Crippen LogP contribution in [0, 0.1) is 19.8 Å². The van der Waals surface area contributed by atoms with Crippen LogP contribution >= 0.6 is 0 Å². The summed E-state index contributed by atoms with van der Waals surface area (Å²) >= 11 is 0. The second-order valence-electron chi connectivity index (χ2n) is 5.74. The Morgan fingerprint density at radius 3 is 2.33 bits per heavy atom. The second-order valence-corrected chi connectivity index (χ2v) is 5.74. The first-order valence-electron chi connectivity index (χ1n) is 7.42. The third-order valence-electron chi connectivity index (χ3n) is 3.25. The molecule has 0 unspecified atom stereocenters. The Labute approximate surface area is 127 Å². The average Bonchev–Trinajstić information content (AvgIpc) is 2.44. The number of rotatable bonds is 6. The number of benzene rings is 1. The van der Waals surface area contributed by atoms with Crippen LogP contribution in [0.1, 0.15) is 30.8 Å². The second kappa shape index (κ2) is 7.07. The molecular weight excluding hydrogens is 260 g/mol. The number of nitrogens with zero attached hydrogens (tertiary/aromatic N) is 2. The van der Waals surface area contributed by atoms with Gasteiger partial charge < -0.3 is 10.6 Å². The predicted molar refractivity (Wildman–Crippen MR) is 88.6 cm³/mol. The van der Waals surface area contributed by atoms with Crippen molar-refractivity contribution >= 4 is 11.6 Å². The third-order valence-corrected chi connectivity index (χ3v) is 3.25. The van der Waals surface area contributed by atoms with E-state index in [1.165, 1.54) is 11.1 Å². The van der Waals surface area contributed by atoms with E-state index >= 15 is 0 Å². The number of aryl methyl sites for hydroxylation is 2. The molecule has 0 atom stereocenters. The zero-order valence-corrected chi connectivity index (χ0v) is 13.3. The molecule has 0 saturated heterocycles. The van der Waals surface area contributed by atoms with Crippen molar-refractivity contribution in [2.75, 3.05) is 17.2 Å². The third kappa shape index (κ3) is 4.74. The molecule has 1 heterocycles. The maximum atomic E-state index is 4.44. The topological polar surface area (TPSA) is 49.8 Å². The zero-order valence-electron chi connectivity index (χ0n) is 13.3. The van der Waals surface area contributed by atoms with Gasteiger partial charge in [0, 0.05) is 19.2 Å². The summed E-state index contributed by atoms with van der Waals surface area (Å²) < 4.78 is 0. The summed E-state index contributed by atoms with van der Waals surface area (Å²) in [6.07, 6.45) is 0. The molecule has 0 aliphatic carbocycles. The van der Waals surface area contributed by atoms with E-state index in [0.717, 1.165) is 30.5 Å². The van der Waals surface area contributed by atoms with Crippen LogP contribution < -0.4 is 10.6 Å². The fraction of sp³-hybridized carbons (Fsp3) is 0.412. The Morgan fingerprint density at radius 1 is 1.00 bits per heavy atom. The highest BCUT2D eigenvalue weighted by atomic mass is 15.1. The molecule has 1 aromatic carbocycles. The molecule has 0 bridgehead atoms. The lowest BCUT2D eigenvalue weighted by molar-refractivity contribution is 0.686. The average molecular weight is 284 g/mol. The highest BCUT2D eigenvalue weighted by molar-refractivity contribution is 5.48. The van der Waals surface area contributed by atoms with Gasteiger partial charge in [-0.3, -0.25) is 0 Å².